The molecule has 8 heteroatoms. The number of amidine groups is 1. The predicted octanol–water partition coefficient (Wildman–Crippen LogP) is 1.41. The number of aryl methyl sites for hydroxylation is 1. The fraction of sp³-hybridized carbons (Fsp3) is 0.158. The summed E-state index contributed by atoms with van der Waals surface area (Å²) in [6.45, 7) is 0. The molecule has 8 nitrogen and oxygen atoms in total. The van der Waals surface area contributed by atoms with E-state index in [2.05, 4.69) is 9.84 Å². The lowest BCUT2D eigenvalue weighted by Crippen LogP contribution is -2.25. The monoisotopic (exact) mass is 365 g/mol. The van der Waals surface area contributed by atoms with Crippen molar-refractivity contribution in [2.24, 2.45) is 5.73 Å². The van der Waals surface area contributed by atoms with Crippen LogP contribution in [0.4, 0.5) is 0 Å². The minimum Gasteiger partial charge on any atom is -0.469 e. The maximum absolute atomic E-state index is 12.8. The van der Waals surface area contributed by atoms with E-state index in [0.29, 0.717) is 29.8 Å². The van der Waals surface area contributed by atoms with Crippen LogP contribution in [0.3, 0.4) is 0 Å². The van der Waals surface area contributed by atoms with Gasteiger partial charge in [0.25, 0.3) is 0 Å². The number of benzene rings is 2. The molecule has 0 aliphatic rings. The minimum atomic E-state index is -0.369. The molecule has 1 aromatic heterocycles. The zero-order valence-electron chi connectivity index (χ0n) is 14.8. The normalized spacial score (nSPS) is 10.6. The Morgan fingerprint density at radius 2 is 1.89 bits per heavy atom. The van der Waals surface area contributed by atoms with Gasteiger partial charge < -0.3 is 10.5 Å². The lowest BCUT2D eigenvalue weighted by molar-refractivity contribution is -0.140. The summed E-state index contributed by atoms with van der Waals surface area (Å²) in [4.78, 5) is 24.0. The van der Waals surface area contributed by atoms with Crippen molar-refractivity contribution >= 4 is 11.8 Å². The summed E-state index contributed by atoms with van der Waals surface area (Å²) in [6, 6.07) is 14.1. The van der Waals surface area contributed by atoms with Gasteiger partial charge in [-0.2, -0.15) is 9.78 Å². The van der Waals surface area contributed by atoms with E-state index in [1.54, 1.807) is 36.4 Å². The molecule has 3 aromatic rings. The van der Waals surface area contributed by atoms with E-state index in [9.17, 15) is 9.59 Å². The van der Waals surface area contributed by atoms with Crippen LogP contribution in [-0.2, 0) is 16.0 Å². The molecule has 0 aliphatic heterocycles. The maximum Gasteiger partial charge on any atom is 0.355 e. The SMILES string of the molecule is COC(=O)CCc1ccc(-n2ncn(-c3ccccc3C(=N)N)c2=O)cc1. The quantitative estimate of drug-likeness (QED) is 0.389. The van der Waals surface area contributed by atoms with Crippen molar-refractivity contribution in [3.05, 3.63) is 76.5 Å². The third-order valence-corrected chi connectivity index (χ3v) is 4.15. The number of carbonyl (C=O) groups excluding carboxylic acids is 1. The fourth-order valence-corrected chi connectivity index (χ4v) is 2.71. The van der Waals surface area contributed by atoms with Gasteiger partial charge in [-0.15, -0.1) is 0 Å². The topological polar surface area (TPSA) is 116 Å². The second-order valence-corrected chi connectivity index (χ2v) is 5.87. The van der Waals surface area contributed by atoms with Gasteiger partial charge in [-0.3, -0.25) is 10.2 Å². The van der Waals surface area contributed by atoms with Gasteiger partial charge in [0, 0.05) is 12.0 Å². The third-order valence-electron chi connectivity index (χ3n) is 4.15. The van der Waals surface area contributed by atoms with Crippen LogP contribution in [0, 0.1) is 5.41 Å². The lowest BCUT2D eigenvalue weighted by atomic mass is 10.1. The Kier molecular flexibility index (Phi) is 5.16. The average molecular weight is 365 g/mol. The standard InChI is InChI=1S/C19H19N5O3/c1-27-17(25)11-8-13-6-9-14(10-7-13)24-19(26)23(12-22-24)16-5-3-2-4-15(16)18(20)21/h2-7,9-10,12H,8,11H2,1H3,(H3,20,21). The van der Waals surface area contributed by atoms with E-state index in [0.717, 1.165) is 5.56 Å². The number of nitrogen functional groups attached to an aromatic ring is 1. The van der Waals surface area contributed by atoms with E-state index < -0.39 is 0 Å². The second kappa shape index (κ2) is 7.69. The van der Waals surface area contributed by atoms with Crippen LogP contribution in [0.2, 0.25) is 0 Å². The fourth-order valence-electron chi connectivity index (χ4n) is 2.71. The second-order valence-electron chi connectivity index (χ2n) is 5.87. The zero-order chi connectivity index (χ0) is 19.4. The highest BCUT2D eigenvalue weighted by Gasteiger charge is 2.13. The molecule has 0 saturated carbocycles. The Morgan fingerprint density at radius 3 is 2.56 bits per heavy atom. The van der Waals surface area contributed by atoms with E-state index in [-0.39, 0.29) is 17.5 Å². The number of para-hydroxylation sites is 1. The van der Waals surface area contributed by atoms with Gasteiger partial charge in [-0.05, 0) is 36.2 Å². The number of ether oxygens (including phenoxy) is 1. The number of nitrogens with one attached hydrogen (secondary N) is 1. The van der Waals surface area contributed by atoms with Gasteiger partial charge in [0.1, 0.15) is 12.2 Å². The number of hydrogen-bond donors (Lipinski definition) is 2. The molecule has 0 aliphatic carbocycles. The van der Waals surface area contributed by atoms with Crippen LogP contribution < -0.4 is 11.4 Å². The molecular weight excluding hydrogens is 346 g/mol. The summed E-state index contributed by atoms with van der Waals surface area (Å²) in [5.74, 6) is -0.390. The maximum atomic E-state index is 12.8. The van der Waals surface area contributed by atoms with E-state index in [1.165, 1.54) is 22.7 Å². The Bertz CT molecular complexity index is 1030. The van der Waals surface area contributed by atoms with E-state index in [1.807, 2.05) is 12.1 Å². The lowest BCUT2D eigenvalue weighted by Gasteiger charge is -2.07. The number of methoxy groups -OCH3 is 1. The zero-order valence-corrected chi connectivity index (χ0v) is 14.8. The molecule has 0 radical (unpaired) electrons. The number of carbonyl (C=O) groups is 1. The molecule has 0 spiro atoms. The van der Waals surface area contributed by atoms with Gasteiger partial charge in [-0.1, -0.05) is 24.3 Å². The van der Waals surface area contributed by atoms with Crippen LogP contribution >= 0.6 is 0 Å². The van der Waals surface area contributed by atoms with Gasteiger partial charge in [0.15, 0.2) is 0 Å². The predicted molar refractivity (Wildman–Crippen MR) is 101 cm³/mol. The molecule has 0 atom stereocenters. The Morgan fingerprint density at radius 1 is 1.19 bits per heavy atom. The summed E-state index contributed by atoms with van der Waals surface area (Å²) in [6.07, 6.45) is 2.25. The molecule has 3 N–H and O–H groups in total. The van der Waals surface area contributed by atoms with Crippen molar-refractivity contribution in [3.8, 4) is 11.4 Å². The van der Waals surface area contributed by atoms with Crippen molar-refractivity contribution < 1.29 is 9.53 Å². The molecule has 0 saturated heterocycles. The summed E-state index contributed by atoms with van der Waals surface area (Å²) >= 11 is 0. The van der Waals surface area contributed by atoms with Crippen LogP contribution in [0.15, 0.2) is 59.7 Å². The van der Waals surface area contributed by atoms with E-state index in [4.69, 9.17) is 11.1 Å². The molecule has 0 unspecified atom stereocenters. The number of nitrogens with zero attached hydrogens (tertiary/aromatic N) is 3. The van der Waals surface area contributed by atoms with Gasteiger partial charge in [0.05, 0.1) is 18.5 Å². The molecular formula is C19H19N5O3. The largest absolute Gasteiger partial charge is 0.469 e. The van der Waals surface area contributed by atoms with Crippen LogP contribution in [0.5, 0.6) is 0 Å². The number of esters is 1. The Balaban J connectivity index is 1.89. The summed E-state index contributed by atoms with van der Waals surface area (Å²) < 4.78 is 7.24. The van der Waals surface area contributed by atoms with Crippen molar-refractivity contribution in [1.29, 1.82) is 5.41 Å². The summed E-state index contributed by atoms with van der Waals surface area (Å²) in [5.41, 5.74) is 7.74. The molecule has 27 heavy (non-hydrogen) atoms. The summed E-state index contributed by atoms with van der Waals surface area (Å²) in [5, 5.41) is 11.8. The highest BCUT2D eigenvalue weighted by Crippen LogP contribution is 2.13. The average Bonchev–Trinajstić information content (AvgIpc) is 3.07. The highest BCUT2D eigenvalue weighted by atomic mass is 16.5. The number of aromatic nitrogens is 3. The smallest absolute Gasteiger partial charge is 0.355 e. The first kappa shape index (κ1) is 18.1. The number of hydrogen-bond acceptors (Lipinski definition) is 5. The van der Waals surface area contributed by atoms with Gasteiger partial charge in [0.2, 0.25) is 0 Å². The Hall–Kier alpha value is -3.68. The highest BCUT2D eigenvalue weighted by molar-refractivity contribution is 5.98. The number of rotatable bonds is 6. The molecule has 0 amide bonds. The van der Waals surface area contributed by atoms with Gasteiger partial charge in [-0.25, -0.2) is 9.36 Å². The minimum absolute atomic E-state index is 0.125. The molecule has 3 rings (SSSR count). The molecule has 1 heterocycles. The van der Waals surface area contributed by atoms with Crippen molar-refractivity contribution in [1.82, 2.24) is 14.3 Å². The van der Waals surface area contributed by atoms with Crippen LogP contribution in [0.1, 0.15) is 17.5 Å². The van der Waals surface area contributed by atoms with Crippen LogP contribution in [0.25, 0.3) is 11.4 Å². The summed E-state index contributed by atoms with van der Waals surface area (Å²) in [7, 11) is 1.36. The first-order valence-electron chi connectivity index (χ1n) is 8.28. The van der Waals surface area contributed by atoms with Crippen molar-refractivity contribution in [2.45, 2.75) is 12.8 Å². The van der Waals surface area contributed by atoms with Crippen LogP contribution in [-0.4, -0.2) is 33.3 Å². The molecule has 2 aromatic carbocycles. The van der Waals surface area contributed by atoms with Crippen molar-refractivity contribution in [2.75, 3.05) is 7.11 Å². The van der Waals surface area contributed by atoms with E-state index >= 15 is 0 Å². The number of nitrogens with two attached hydrogens (primary N) is 1. The van der Waals surface area contributed by atoms with Gasteiger partial charge >= 0.3 is 11.7 Å². The first-order chi connectivity index (χ1) is 13.0. The first-order valence-corrected chi connectivity index (χ1v) is 8.28. The van der Waals surface area contributed by atoms with Crippen molar-refractivity contribution in [3.63, 3.8) is 0 Å². The molecule has 138 valence electrons. The molecule has 0 bridgehead atoms. The molecule has 0 fully saturated rings. The third kappa shape index (κ3) is 3.79. The Labute approximate surface area is 155 Å².